The summed E-state index contributed by atoms with van der Waals surface area (Å²) in [5.41, 5.74) is 1.12. The van der Waals surface area contributed by atoms with Crippen molar-refractivity contribution in [1.29, 1.82) is 0 Å². The number of carbonyl (C=O) groups is 3. The molecule has 8 heteroatoms. The molecule has 2 heterocycles. The third-order valence-electron chi connectivity index (χ3n) is 5.05. The van der Waals surface area contributed by atoms with Crippen molar-refractivity contribution in [3.8, 4) is 0 Å². The standard InChI is InChI=1S/C19H23NO5S2/c1-11(2)20-14(21)10-19(26-8-9-27-19)15(17(22)23)16(20)12-4-6-13(7-5-12)18(24)25-3/h4-7,11,15-16H,8-10H2,1-3H3,(H,22,23). The molecule has 146 valence electrons. The first kappa shape index (κ1) is 20.1. The van der Waals surface area contributed by atoms with Gasteiger partial charge in [0.1, 0.15) is 5.92 Å². The first-order valence-corrected chi connectivity index (χ1v) is 10.8. The van der Waals surface area contributed by atoms with Crippen LogP contribution in [0.5, 0.6) is 0 Å². The van der Waals surface area contributed by atoms with E-state index in [0.717, 1.165) is 17.1 Å². The zero-order valence-corrected chi connectivity index (χ0v) is 17.1. The van der Waals surface area contributed by atoms with Crippen molar-refractivity contribution in [2.75, 3.05) is 18.6 Å². The Hall–Kier alpha value is -1.67. The number of rotatable bonds is 4. The van der Waals surface area contributed by atoms with Crippen LogP contribution in [0.2, 0.25) is 0 Å². The molecule has 6 nitrogen and oxygen atoms in total. The third kappa shape index (κ3) is 3.57. The van der Waals surface area contributed by atoms with Crippen LogP contribution in [0, 0.1) is 5.92 Å². The number of methoxy groups -OCH3 is 1. The molecular weight excluding hydrogens is 386 g/mol. The average molecular weight is 410 g/mol. The van der Waals surface area contributed by atoms with E-state index in [1.165, 1.54) is 7.11 Å². The molecule has 2 unspecified atom stereocenters. The second kappa shape index (κ2) is 7.75. The van der Waals surface area contributed by atoms with Crippen molar-refractivity contribution in [3.05, 3.63) is 35.4 Å². The summed E-state index contributed by atoms with van der Waals surface area (Å²) in [6.45, 7) is 3.80. The minimum atomic E-state index is -0.892. The van der Waals surface area contributed by atoms with Crippen molar-refractivity contribution in [2.24, 2.45) is 5.92 Å². The molecule has 1 spiro atoms. The van der Waals surface area contributed by atoms with Crippen LogP contribution in [0.1, 0.15) is 42.2 Å². The summed E-state index contributed by atoms with van der Waals surface area (Å²) >= 11 is 3.18. The second-order valence-electron chi connectivity index (χ2n) is 6.95. The fourth-order valence-electron chi connectivity index (χ4n) is 3.94. The van der Waals surface area contributed by atoms with Gasteiger partial charge in [-0.05, 0) is 31.5 Å². The molecule has 2 aliphatic heterocycles. The van der Waals surface area contributed by atoms with E-state index in [0.29, 0.717) is 5.56 Å². The molecule has 0 aromatic heterocycles. The Kier molecular flexibility index (Phi) is 5.76. The van der Waals surface area contributed by atoms with E-state index >= 15 is 0 Å². The van der Waals surface area contributed by atoms with Crippen LogP contribution in [0.25, 0.3) is 0 Å². The van der Waals surface area contributed by atoms with Gasteiger partial charge in [-0.25, -0.2) is 4.79 Å². The predicted molar refractivity (Wildman–Crippen MR) is 106 cm³/mol. The molecule has 0 radical (unpaired) electrons. The largest absolute Gasteiger partial charge is 0.481 e. The summed E-state index contributed by atoms with van der Waals surface area (Å²) in [5.74, 6) is -0.396. The summed E-state index contributed by atoms with van der Waals surface area (Å²) < 4.78 is 4.09. The molecule has 2 atom stereocenters. The number of carboxylic acids is 1. The summed E-state index contributed by atoms with van der Waals surface area (Å²) in [6, 6.07) is 6.02. The van der Waals surface area contributed by atoms with Crippen LogP contribution in [0.15, 0.2) is 24.3 Å². The van der Waals surface area contributed by atoms with Gasteiger partial charge in [0, 0.05) is 17.5 Å². The molecule has 0 aliphatic carbocycles. The molecule has 1 aromatic carbocycles. The number of thioether (sulfide) groups is 2. The quantitative estimate of drug-likeness (QED) is 0.765. The first-order valence-electron chi connectivity index (χ1n) is 8.81. The van der Waals surface area contributed by atoms with Crippen LogP contribution in [0.4, 0.5) is 0 Å². The van der Waals surface area contributed by atoms with E-state index in [4.69, 9.17) is 4.74 Å². The second-order valence-corrected chi connectivity index (χ2v) is 10.1. The zero-order chi connectivity index (χ0) is 19.8. The Morgan fingerprint density at radius 3 is 2.30 bits per heavy atom. The molecule has 0 saturated carbocycles. The molecular formula is C19H23NO5S2. The Balaban J connectivity index is 2.09. The van der Waals surface area contributed by atoms with E-state index in [2.05, 4.69) is 0 Å². The van der Waals surface area contributed by atoms with Crippen molar-refractivity contribution >= 4 is 41.4 Å². The van der Waals surface area contributed by atoms with Crippen LogP contribution < -0.4 is 0 Å². The van der Waals surface area contributed by atoms with E-state index in [1.54, 1.807) is 52.7 Å². The van der Waals surface area contributed by atoms with Crippen LogP contribution in [0.3, 0.4) is 0 Å². The van der Waals surface area contributed by atoms with E-state index in [1.807, 2.05) is 13.8 Å². The number of hydrogen-bond donors (Lipinski definition) is 1. The van der Waals surface area contributed by atoms with Crippen LogP contribution in [-0.4, -0.2) is 56.6 Å². The summed E-state index contributed by atoms with van der Waals surface area (Å²) in [6.07, 6.45) is 0.230. The number of likely N-dealkylation sites (tertiary alicyclic amines) is 1. The lowest BCUT2D eigenvalue weighted by molar-refractivity contribution is -0.153. The third-order valence-corrected chi connectivity index (χ3v) is 8.60. The number of benzene rings is 1. The van der Waals surface area contributed by atoms with E-state index in [-0.39, 0.29) is 18.4 Å². The van der Waals surface area contributed by atoms with Gasteiger partial charge in [0.25, 0.3) is 0 Å². The van der Waals surface area contributed by atoms with Crippen molar-refractivity contribution in [2.45, 2.75) is 36.4 Å². The van der Waals surface area contributed by atoms with Gasteiger partial charge in [0.2, 0.25) is 5.91 Å². The van der Waals surface area contributed by atoms with E-state index in [9.17, 15) is 19.5 Å². The molecule has 0 bridgehead atoms. The molecule has 2 saturated heterocycles. The Morgan fingerprint density at radius 2 is 1.81 bits per heavy atom. The summed E-state index contributed by atoms with van der Waals surface area (Å²) in [7, 11) is 1.31. The molecule has 1 N–H and O–H groups in total. The smallest absolute Gasteiger partial charge is 0.337 e. The fourth-order valence-corrected chi connectivity index (χ4v) is 7.40. The lowest BCUT2D eigenvalue weighted by atomic mass is 9.82. The van der Waals surface area contributed by atoms with Gasteiger partial charge in [0.15, 0.2) is 0 Å². The maximum absolute atomic E-state index is 13.0. The minimum Gasteiger partial charge on any atom is -0.481 e. The topological polar surface area (TPSA) is 83.9 Å². The van der Waals surface area contributed by atoms with Gasteiger partial charge in [-0.2, -0.15) is 0 Å². The molecule has 3 rings (SSSR count). The molecule has 27 heavy (non-hydrogen) atoms. The van der Waals surface area contributed by atoms with Crippen LogP contribution >= 0.6 is 23.5 Å². The van der Waals surface area contributed by atoms with Gasteiger partial charge < -0.3 is 14.7 Å². The van der Waals surface area contributed by atoms with Crippen molar-refractivity contribution < 1.29 is 24.2 Å². The van der Waals surface area contributed by atoms with Crippen molar-refractivity contribution in [1.82, 2.24) is 4.90 Å². The van der Waals surface area contributed by atoms with Gasteiger partial charge in [0.05, 0.1) is 29.2 Å². The number of esters is 1. The highest BCUT2D eigenvalue weighted by atomic mass is 32.2. The Bertz CT molecular complexity index is 743. The fraction of sp³-hybridized carbons (Fsp3) is 0.526. The number of amides is 1. The summed E-state index contributed by atoms with van der Waals surface area (Å²) in [5, 5.41) is 10.1. The monoisotopic (exact) mass is 409 g/mol. The number of carboxylic acid groups (broad SMARTS) is 1. The number of ether oxygens (including phenoxy) is 1. The minimum absolute atomic E-state index is 0.0218. The maximum Gasteiger partial charge on any atom is 0.337 e. The van der Waals surface area contributed by atoms with Gasteiger partial charge in [-0.3, -0.25) is 9.59 Å². The highest BCUT2D eigenvalue weighted by Gasteiger charge is 2.58. The number of nitrogens with zero attached hydrogens (tertiary/aromatic N) is 1. The van der Waals surface area contributed by atoms with E-state index < -0.39 is 28.0 Å². The Labute approximate surface area is 167 Å². The van der Waals surface area contributed by atoms with Gasteiger partial charge >= 0.3 is 11.9 Å². The summed E-state index contributed by atoms with van der Waals surface area (Å²) in [4.78, 5) is 38.8. The maximum atomic E-state index is 13.0. The van der Waals surface area contributed by atoms with Gasteiger partial charge in [-0.15, -0.1) is 23.5 Å². The highest BCUT2D eigenvalue weighted by Crippen LogP contribution is 2.59. The predicted octanol–water partition coefficient (Wildman–Crippen LogP) is 3.03. The normalized spacial score (nSPS) is 24.4. The molecule has 1 amide bonds. The molecule has 2 aliphatic rings. The number of hydrogen-bond acceptors (Lipinski definition) is 6. The SMILES string of the molecule is COC(=O)c1ccc(C2C(C(=O)O)C3(CC(=O)N2C(C)C)SCCS3)cc1. The number of piperidine rings is 1. The lowest BCUT2D eigenvalue weighted by Crippen LogP contribution is -2.57. The molecule has 1 aromatic rings. The lowest BCUT2D eigenvalue weighted by Gasteiger charge is -2.49. The average Bonchev–Trinajstić information content (AvgIpc) is 3.08. The van der Waals surface area contributed by atoms with Crippen LogP contribution in [-0.2, 0) is 14.3 Å². The van der Waals surface area contributed by atoms with Gasteiger partial charge in [-0.1, -0.05) is 12.1 Å². The number of carbonyl (C=O) groups excluding carboxylic acids is 2. The highest BCUT2D eigenvalue weighted by molar-refractivity contribution is 8.21. The molecule has 2 fully saturated rings. The first-order chi connectivity index (χ1) is 12.8. The van der Waals surface area contributed by atoms with Crippen molar-refractivity contribution in [3.63, 3.8) is 0 Å². The Morgan fingerprint density at radius 1 is 1.22 bits per heavy atom. The number of aliphatic carboxylic acids is 1. The zero-order valence-electron chi connectivity index (χ0n) is 15.5.